The normalized spacial score (nSPS) is 12.6. The van der Waals surface area contributed by atoms with Gasteiger partial charge >= 0.3 is 0 Å². The van der Waals surface area contributed by atoms with Gasteiger partial charge in [-0.05, 0) is 74.7 Å². The number of carbonyl (C=O) groups excluding carboxylic acids is 2. The summed E-state index contributed by atoms with van der Waals surface area (Å²) in [6.45, 7) is 7.04. The molecule has 0 aliphatic carbocycles. The van der Waals surface area contributed by atoms with Crippen LogP contribution >= 0.6 is 11.6 Å². The van der Waals surface area contributed by atoms with E-state index in [9.17, 15) is 18.0 Å². The van der Waals surface area contributed by atoms with Crippen LogP contribution in [0, 0.1) is 6.92 Å². The van der Waals surface area contributed by atoms with E-state index in [0.29, 0.717) is 17.9 Å². The summed E-state index contributed by atoms with van der Waals surface area (Å²) in [6.07, 6.45) is 1.04. The van der Waals surface area contributed by atoms with Crippen molar-refractivity contribution in [3.8, 4) is 11.5 Å². The summed E-state index contributed by atoms with van der Waals surface area (Å²) >= 11 is 6.39. The first kappa shape index (κ1) is 33.7. The number of amides is 2. The Morgan fingerprint density at radius 1 is 0.930 bits per heavy atom. The zero-order valence-corrected chi connectivity index (χ0v) is 27.0. The Bertz CT molecular complexity index is 1500. The molecule has 0 aromatic heterocycles. The SMILES string of the molecule is CC[C@H](C)NC(=O)[C@H](CC)N(Cc1ccc(OC)cc1)C(=O)CN(c1ccc(OC)c(Cl)c1)S(=O)(=O)c1ccc(C)cc1. The number of carbonyl (C=O) groups is 2. The Kier molecular flexibility index (Phi) is 11.9. The van der Waals surface area contributed by atoms with Crippen LogP contribution in [0.15, 0.2) is 71.6 Å². The summed E-state index contributed by atoms with van der Waals surface area (Å²) in [5.74, 6) is 0.150. The van der Waals surface area contributed by atoms with Gasteiger partial charge in [0.1, 0.15) is 24.1 Å². The molecule has 0 heterocycles. The standard InChI is InChI=1S/C32H40ClN3O6S/c1-7-23(4)34-32(38)29(8-2)35(20-24-11-14-26(41-5)15-12-24)31(37)21-36(25-13-18-30(42-6)28(33)19-25)43(39,40)27-16-9-22(3)10-17-27/h9-19,23,29H,7-8,20-21H2,1-6H3,(H,34,38)/t23-,29-/m0/s1. The molecule has 0 saturated heterocycles. The lowest BCUT2D eigenvalue weighted by Crippen LogP contribution is -2.53. The summed E-state index contributed by atoms with van der Waals surface area (Å²) in [4.78, 5) is 29.1. The average Bonchev–Trinajstić information content (AvgIpc) is 2.99. The molecule has 0 aliphatic rings. The van der Waals surface area contributed by atoms with Gasteiger partial charge in [-0.3, -0.25) is 13.9 Å². The van der Waals surface area contributed by atoms with Crippen molar-refractivity contribution in [1.82, 2.24) is 10.2 Å². The van der Waals surface area contributed by atoms with Crippen LogP contribution in [0.4, 0.5) is 5.69 Å². The first-order valence-electron chi connectivity index (χ1n) is 14.1. The number of ether oxygens (including phenoxy) is 2. The molecular formula is C32H40ClN3O6S. The maximum Gasteiger partial charge on any atom is 0.264 e. The zero-order chi connectivity index (χ0) is 31.7. The van der Waals surface area contributed by atoms with Crippen LogP contribution in [-0.4, -0.2) is 58.0 Å². The molecule has 1 N–H and O–H groups in total. The molecule has 0 spiro atoms. The highest BCUT2D eigenvalue weighted by Gasteiger charge is 2.34. The molecule has 43 heavy (non-hydrogen) atoms. The smallest absolute Gasteiger partial charge is 0.264 e. The van der Waals surface area contributed by atoms with Gasteiger partial charge in [0.25, 0.3) is 10.0 Å². The molecule has 3 rings (SSSR count). The molecule has 9 nitrogen and oxygen atoms in total. The predicted octanol–water partition coefficient (Wildman–Crippen LogP) is 5.58. The number of methoxy groups -OCH3 is 2. The van der Waals surface area contributed by atoms with E-state index in [2.05, 4.69) is 5.32 Å². The molecule has 2 amide bonds. The molecule has 0 aliphatic heterocycles. The Hall–Kier alpha value is -3.76. The van der Waals surface area contributed by atoms with Gasteiger partial charge in [0.05, 0.1) is 29.8 Å². The van der Waals surface area contributed by atoms with Crippen LogP contribution in [-0.2, 0) is 26.2 Å². The first-order valence-corrected chi connectivity index (χ1v) is 15.9. The molecule has 0 unspecified atom stereocenters. The van der Waals surface area contributed by atoms with Crippen molar-refractivity contribution in [1.29, 1.82) is 0 Å². The Labute approximate surface area is 259 Å². The number of anilines is 1. The molecule has 2 atom stereocenters. The Balaban J connectivity index is 2.09. The van der Waals surface area contributed by atoms with E-state index in [1.165, 1.54) is 36.3 Å². The van der Waals surface area contributed by atoms with Crippen molar-refractivity contribution in [3.05, 3.63) is 82.9 Å². The van der Waals surface area contributed by atoms with Gasteiger partial charge in [0.15, 0.2) is 0 Å². The third-order valence-corrected chi connectivity index (χ3v) is 9.29. The highest BCUT2D eigenvalue weighted by Crippen LogP contribution is 2.32. The quantitative estimate of drug-likeness (QED) is 0.250. The molecule has 11 heteroatoms. The fourth-order valence-electron chi connectivity index (χ4n) is 4.46. The summed E-state index contributed by atoms with van der Waals surface area (Å²) in [5.41, 5.74) is 1.82. The molecule has 0 saturated carbocycles. The lowest BCUT2D eigenvalue weighted by atomic mass is 10.1. The van der Waals surface area contributed by atoms with Crippen LogP contribution < -0.4 is 19.1 Å². The molecule has 0 bridgehead atoms. The number of aryl methyl sites for hydroxylation is 1. The van der Waals surface area contributed by atoms with Gasteiger partial charge in [-0.15, -0.1) is 0 Å². The van der Waals surface area contributed by atoms with E-state index >= 15 is 0 Å². The minimum absolute atomic E-state index is 0.0149. The van der Waals surface area contributed by atoms with Crippen molar-refractivity contribution < 1.29 is 27.5 Å². The lowest BCUT2D eigenvalue weighted by Gasteiger charge is -2.33. The van der Waals surface area contributed by atoms with E-state index in [1.807, 2.05) is 39.8 Å². The topological polar surface area (TPSA) is 105 Å². The van der Waals surface area contributed by atoms with Gasteiger partial charge in [-0.2, -0.15) is 0 Å². The van der Waals surface area contributed by atoms with Crippen LogP contribution in [0.1, 0.15) is 44.7 Å². The molecule has 232 valence electrons. The van der Waals surface area contributed by atoms with E-state index in [0.717, 1.165) is 21.9 Å². The maximum absolute atomic E-state index is 14.2. The second kappa shape index (κ2) is 15.1. The van der Waals surface area contributed by atoms with Crippen LogP contribution in [0.2, 0.25) is 5.02 Å². The van der Waals surface area contributed by atoms with Crippen molar-refractivity contribution in [2.24, 2.45) is 0 Å². The second-order valence-electron chi connectivity index (χ2n) is 10.3. The number of halogens is 1. The van der Waals surface area contributed by atoms with Gasteiger partial charge in [0.2, 0.25) is 11.8 Å². The minimum Gasteiger partial charge on any atom is -0.497 e. The minimum atomic E-state index is -4.22. The number of sulfonamides is 1. The van der Waals surface area contributed by atoms with Crippen molar-refractivity contribution in [3.63, 3.8) is 0 Å². The number of nitrogens with one attached hydrogen (secondary N) is 1. The number of rotatable bonds is 14. The lowest BCUT2D eigenvalue weighted by molar-refractivity contribution is -0.140. The highest BCUT2D eigenvalue weighted by atomic mass is 35.5. The third kappa shape index (κ3) is 8.42. The van der Waals surface area contributed by atoms with Gasteiger partial charge < -0.3 is 19.7 Å². The zero-order valence-electron chi connectivity index (χ0n) is 25.5. The summed E-state index contributed by atoms with van der Waals surface area (Å²) in [5, 5.41) is 3.16. The molecular weight excluding hydrogens is 590 g/mol. The number of benzene rings is 3. The summed E-state index contributed by atoms with van der Waals surface area (Å²) < 4.78 is 39.6. The molecule has 3 aromatic carbocycles. The summed E-state index contributed by atoms with van der Waals surface area (Å²) in [6, 6.07) is 17.1. The van der Waals surface area contributed by atoms with Crippen molar-refractivity contribution >= 4 is 39.1 Å². The highest BCUT2D eigenvalue weighted by molar-refractivity contribution is 7.92. The van der Waals surface area contributed by atoms with Crippen molar-refractivity contribution in [2.45, 2.75) is 64.1 Å². The Morgan fingerprint density at radius 3 is 2.12 bits per heavy atom. The number of hydrogen-bond donors (Lipinski definition) is 1. The Morgan fingerprint density at radius 2 is 1.58 bits per heavy atom. The largest absolute Gasteiger partial charge is 0.497 e. The number of nitrogens with zero attached hydrogens (tertiary/aromatic N) is 2. The average molecular weight is 630 g/mol. The fourth-order valence-corrected chi connectivity index (χ4v) is 6.12. The van der Waals surface area contributed by atoms with E-state index in [4.69, 9.17) is 21.1 Å². The van der Waals surface area contributed by atoms with Crippen LogP contribution in [0.25, 0.3) is 0 Å². The fraction of sp³-hybridized carbons (Fsp3) is 0.375. The van der Waals surface area contributed by atoms with E-state index < -0.39 is 28.5 Å². The third-order valence-electron chi connectivity index (χ3n) is 7.21. The van der Waals surface area contributed by atoms with Crippen LogP contribution in [0.5, 0.6) is 11.5 Å². The maximum atomic E-state index is 14.2. The van der Waals surface area contributed by atoms with E-state index in [1.54, 1.807) is 37.4 Å². The van der Waals surface area contributed by atoms with E-state index in [-0.39, 0.29) is 34.1 Å². The molecule has 0 radical (unpaired) electrons. The molecule has 3 aromatic rings. The van der Waals surface area contributed by atoms with Gasteiger partial charge in [0, 0.05) is 12.6 Å². The number of hydrogen-bond acceptors (Lipinski definition) is 6. The second-order valence-corrected chi connectivity index (χ2v) is 12.5. The summed E-state index contributed by atoms with van der Waals surface area (Å²) in [7, 11) is -1.21. The van der Waals surface area contributed by atoms with Crippen LogP contribution in [0.3, 0.4) is 0 Å². The van der Waals surface area contributed by atoms with Gasteiger partial charge in [-0.1, -0.05) is 55.3 Å². The van der Waals surface area contributed by atoms with Gasteiger partial charge in [-0.25, -0.2) is 8.42 Å². The molecule has 0 fully saturated rings. The first-order chi connectivity index (χ1) is 20.4. The van der Waals surface area contributed by atoms with Crippen molar-refractivity contribution in [2.75, 3.05) is 25.1 Å². The monoisotopic (exact) mass is 629 g/mol. The predicted molar refractivity (Wildman–Crippen MR) is 169 cm³/mol.